The molecule has 1 atom stereocenters. The average molecular weight is 297 g/mol. The molecule has 6 nitrogen and oxygen atoms in total. The predicted molar refractivity (Wildman–Crippen MR) is 74.8 cm³/mol. The molecule has 0 spiro atoms. The van der Waals surface area contributed by atoms with Gasteiger partial charge in [0.25, 0.3) is 15.9 Å². The summed E-state index contributed by atoms with van der Waals surface area (Å²) < 4.78 is 25.5. The fraction of sp³-hybridized carbons (Fsp3) is 0.538. The van der Waals surface area contributed by atoms with Crippen molar-refractivity contribution in [2.24, 2.45) is 5.92 Å². The van der Waals surface area contributed by atoms with E-state index in [1.54, 1.807) is 6.07 Å². The lowest BCUT2D eigenvalue weighted by molar-refractivity contribution is 0.0858. The third-order valence-electron chi connectivity index (χ3n) is 3.16. The molecule has 20 heavy (non-hydrogen) atoms. The standard InChI is InChI=1S/C13H19N3O3S/c1-3-6-14-8-10(2)9-16-13(17)11-5-4-7-15-12(11)20(16,18)19/h4-5,7,10,14H,3,6,8-9H2,1-2H3. The number of pyridine rings is 1. The molecule has 1 aromatic heterocycles. The normalized spacial score (nSPS) is 18.1. The Kier molecular flexibility index (Phi) is 4.39. The fourth-order valence-electron chi connectivity index (χ4n) is 2.16. The Balaban J connectivity index is 2.13. The highest BCUT2D eigenvalue weighted by atomic mass is 32.2. The summed E-state index contributed by atoms with van der Waals surface area (Å²) in [7, 11) is -3.78. The maximum Gasteiger partial charge on any atom is 0.285 e. The van der Waals surface area contributed by atoms with Crippen LogP contribution >= 0.6 is 0 Å². The molecule has 2 rings (SSSR count). The van der Waals surface area contributed by atoms with Crippen LogP contribution in [0.3, 0.4) is 0 Å². The monoisotopic (exact) mass is 297 g/mol. The topological polar surface area (TPSA) is 79.4 Å². The smallest absolute Gasteiger partial charge is 0.285 e. The molecule has 110 valence electrons. The highest BCUT2D eigenvalue weighted by Crippen LogP contribution is 2.28. The zero-order valence-corrected chi connectivity index (χ0v) is 12.5. The maximum absolute atomic E-state index is 12.3. The SMILES string of the molecule is CCCNCC(C)CN1C(=O)c2cccnc2S1(=O)=O. The van der Waals surface area contributed by atoms with Crippen LogP contribution in [0.2, 0.25) is 0 Å². The van der Waals surface area contributed by atoms with Crippen LogP contribution in [0.25, 0.3) is 0 Å². The summed E-state index contributed by atoms with van der Waals surface area (Å²) >= 11 is 0. The lowest BCUT2D eigenvalue weighted by atomic mass is 10.1. The highest BCUT2D eigenvalue weighted by molar-refractivity contribution is 7.90. The van der Waals surface area contributed by atoms with Gasteiger partial charge in [-0.25, -0.2) is 9.29 Å². The summed E-state index contributed by atoms with van der Waals surface area (Å²) in [5, 5.41) is 3.10. The third-order valence-corrected chi connectivity index (χ3v) is 4.87. The van der Waals surface area contributed by atoms with E-state index in [-0.39, 0.29) is 23.1 Å². The molecule has 1 amide bonds. The molecule has 0 aromatic carbocycles. The van der Waals surface area contributed by atoms with Gasteiger partial charge in [-0.1, -0.05) is 13.8 Å². The van der Waals surface area contributed by atoms with E-state index in [4.69, 9.17) is 0 Å². The van der Waals surface area contributed by atoms with Gasteiger partial charge in [0.05, 0.1) is 5.56 Å². The molecule has 7 heteroatoms. The van der Waals surface area contributed by atoms with Crippen molar-refractivity contribution < 1.29 is 13.2 Å². The molecule has 0 fully saturated rings. The molecule has 0 radical (unpaired) electrons. The second kappa shape index (κ2) is 5.88. The van der Waals surface area contributed by atoms with Crippen LogP contribution in [0, 0.1) is 5.92 Å². The van der Waals surface area contributed by atoms with E-state index in [2.05, 4.69) is 17.2 Å². The number of hydrogen-bond donors (Lipinski definition) is 1. The average Bonchev–Trinajstić information content (AvgIpc) is 2.61. The number of aromatic nitrogens is 1. The van der Waals surface area contributed by atoms with Gasteiger partial charge in [0.1, 0.15) is 0 Å². The first-order valence-electron chi connectivity index (χ1n) is 6.71. The molecule has 0 bridgehead atoms. The van der Waals surface area contributed by atoms with Crippen molar-refractivity contribution in [1.29, 1.82) is 0 Å². The Hall–Kier alpha value is -1.47. The number of hydrogen-bond acceptors (Lipinski definition) is 5. The Labute approximate surface area is 119 Å². The second-order valence-electron chi connectivity index (χ2n) is 5.01. The van der Waals surface area contributed by atoms with Crippen molar-refractivity contribution in [1.82, 2.24) is 14.6 Å². The maximum atomic E-state index is 12.3. The molecular weight excluding hydrogens is 278 g/mol. The van der Waals surface area contributed by atoms with Crippen molar-refractivity contribution in [3.63, 3.8) is 0 Å². The number of rotatable bonds is 6. The second-order valence-corrected chi connectivity index (χ2v) is 6.78. The van der Waals surface area contributed by atoms with Gasteiger partial charge in [0.2, 0.25) is 0 Å². The highest BCUT2D eigenvalue weighted by Gasteiger charge is 2.42. The van der Waals surface area contributed by atoms with Crippen LogP contribution in [-0.2, 0) is 10.0 Å². The summed E-state index contributed by atoms with van der Waals surface area (Å²) in [5.41, 5.74) is 0.168. The molecule has 1 aliphatic rings. The molecule has 2 heterocycles. The van der Waals surface area contributed by atoms with Crippen LogP contribution in [0.4, 0.5) is 0 Å². The minimum absolute atomic E-state index is 0.0505. The molecule has 1 N–H and O–H groups in total. The predicted octanol–water partition coefficient (Wildman–Crippen LogP) is 0.862. The molecule has 0 saturated carbocycles. The Morgan fingerprint density at radius 1 is 1.45 bits per heavy atom. The zero-order chi connectivity index (χ0) is 14.8. The van der Waals surface area contributed by atoms with E-state index >= 15 is 0 Å². The summed E-state index contributed by atoms with van der Waals surface area (Å²) in [6, 6.07) is 3.07. The molecular formula is C13H19N3O3S. The van der Waals surface area contributed by atoms with Crippen molar-refractivity contribution >= 4 is 15.9 Å². The fourth-order valence-corrected chi connectivity index (χ4v) is 3.76. The van der Waals surface area contributed by atoms with E-state index in [0.717, 1.165) is 17.3 Å². The van der Waals surface area contributed by atoms with Crippen molar-refractivity contribution in [3.8, 4) is 0 Å². The van der Waals surface area contributed by atoms with Crippen LogP contribution in [-0.4, -0.2) is 43.2 Å². The minimum Gasteiger partial charge on any atom is -0.316 e. The molecule has 1 aliphatic heterocycles. The first-order chi connectivity index (χ1) is 9.48. The number of sulfonamides is 1. The van der Waals surface area contributed by atoms with Crippen molar-refractivity contribution in [2.75, 3.05) is 19.6 Å². The molecule has 0 aliphatic carbocycles. The first kappa shape index (κ1) is 14.9. The van der Waals surface area contributed by atoms with Gasteiger partial charge in [0.15, 0.2) is 5.03 Å². The third kappa shape index (κ3) is 2.69. The van der Waals surface area contributed by atoms with Crippen molar-refractivity contribution in [2.45, 2.75) is 25.3 Å². The van der Waals surface area contributed by atoms with E-state index in [1.807, 2.05) is 6.92 Å². The quantitative estimate of drug-likeness (QED) is 0.788. The molecule has 0 saturated heterocycles. The van der Waals surface area contributed by atoms with E-state index in [9.17, 15) is 13.2 Å². The number of fused-ring (bicyclic) bond motifs is 1. The zero-order valence-electron chi connectivity index (χ0n) is 11.7. The minimum atomic E-state index is -3.78. The van der Waals surface area contributed by atoms with E-state index < -0.39 is 15.9 Å². The number of nitrogens with one attached hydrogen (secondary N) is 1. The van der Waals surface area contributed by atoms with Crippen molar-refractivity contribution in [3.05, 3.63) is 23.9 Å². The Bertz CT molecular complexity index is 601. The van der Waals surface area contributed by atoms with E-state index in [1.165, 1.54) is 12.3 Å². The van der Waals surface area contributed by atoms with Crippen LogP contribution in [0.15, 0.2) is 23.4 Å². The number of amides is 1. The lowest BCUT2D eigenvalue weighted by Gasteiger charge is -2.20. The Morgan fingerprint density at radius 3 is 2.85 bits per heavy atom. The van der Waals surface area contributed by atoms with Crippen LogP contribution in [0.1, 0.15) is 30.6 Å². The molecule has 1 unspecified atom stereocenters. The largest absolute Gasteiger partial charge is 0.316 e. The van der Waals surface area contributed by atoms with Gasteiger partial charge in [0, 0.05) is 12.7 Å². The van der Waals surface area contributed by atoms with Gasteiger partial charge in [-0.15, -0.1) is 0 Å². The van der Waals surface area contributed by atoms with Gasteiger partial charge in [-0.05, 0) is 37.6 Å². The Morgan fingerprint density at radius 2 is 2.20 bits per heavy atom. The number of carbonyl (C=O) groups is 1. The summed E-state index contributed by atoms with van der Waals surface area (Å²) in [6.07, 6.45) is 2.41. The summed E-state index contributed by atoms with van der Waals surface area (Å²) in [4.78, 5) is 16.0. The lowest BCUT2D eigenvalue weighted by Crippen LogP contribution is -2.37. The number of nitrogens with zero attached hydrogens (tertiary/aromatic N) is 2. The van der Waals surface area contributed by atoms with Gasteiger partial charge >= 0.3 is 0 Å². The first-order valence-corrected chi connectivity index (χ1v) is 8.15. The van der Waals surface area contributed by atoms with Gasteiger partial charge in [-0.3, -0.25) is 4.79 Å². The van der Waals surface area contributed by atoms with Crippen LogP contribution in [0.5, 0.6) is 0 Å². The van der Waals surface area contributed by atoms with E-state index in [0.29, 0.717) is 6.54 Å². The van der Waals surface area contributed by atoms with Crippen LogP contribution < -0.4 is 5.32 Å². The van der Waals surface area contributed by atoms with Gasteiger partial charge < -0.3 is 5.32 Å². The van der Waals surface area contributed by atoms with Gasteiger partial charge in [-0.2, -0.15) is 8.42 Å². The molecule has 1 aromatic rings. The summed E-state index contributed by atoms with van der Waals surface area (Å²) in [6.45, 7) is 5.72. The summed E-state index contributed by atoms with van der Waals surface area (Å²) in [5.74, 6) is -0.426. The number of carbonyl (C=O) groups excluding carboxylic acids is 1.